The lowest BCUT2D eigenvalue weighted by atomic mass is 9.96. The predicted molar refractivity (Wildman–Crippen MR) is 66.6 cm³/mol. The van der Waals surface area contributed by atoms with E-state index >= 15 is 0 Å². The standard InChI is InChI=1S/C12H17ClFNO2/c1-7(4-5-15)8-6-9(13)12(17-3)10(14)11(8)16-2/h6-7H,4-5,15H2,1-3H3. The number of ether oxygens (including phenoxy) is 2. The van der Waals surface area contributed by atoms with E-state index in [0.29, 0.717) is 12.1 Å². The van der Waals surface area contributed by atoms with Gasteiger partial charge in [-0.05, 0) is 24.9 Å². The van der Waals surface area contributed by atoms with Crippen molar-refractivity contribution < 1.29 is 13.9 Å². The highest BCUT2D eigenvalue weighted by molar-refractivity contribution is 6.32. The largest absolute Gasteiger partial charge is 0.493 e. The van der Waals surface area contributed by atoms with Crippen molar-refractivity contribution in [2.45, 2.75) is 19.3 Å². The van der Waals surface area contributed by atoms with Crippen LogP contribution in [0.25, 0.3) is 0 Å². The summed E-state index contributed by atoms with van der Waals surface area (Å²) in [5.74, 6) is -0.311. The molecule has 1 atom stereocenters. The second-order valence-electron chi connectivity index (χ2n) is 3.81. The van der Waals surface area contributed by atoms with Crippen LogP contribution in [0.1, 0.15) is 24.8 Å². The average molecular weight is 262 g/mol. The van der Waals surface area contributed by atoms with Crippen LogP contribution >= 0.6 is 11.6 Å². The van der Waals surface area contributed by atoms with Crippen LogP contribution in [-0.4, -0.2) is 20.8 Å². The van der Waals surface area contributed by atoms with Crippen LogP contribution in [0, 0.1) is 5.82 Å². The van der Waals surface area contributed by atoms with Gasteiger partial charge in [-0.3, -0.25) is 0 Å². The van der Waals surface area contributed by atoms with Gasteiger partial charge in [0.15, 0.2) is 11.5 Å². The topological polar surface area (TPSA) is 44.5 Å². The van der Waals surface area contributed by atoms with Crippen molar-refractivity contribution in [3.05, 3.63) is 22.5 Å². The molecule has 3 nitrogen and oxygen atoms in total. The summed E-state index contributed by atoms with van der Waals surface area (Å²) in [7, 11) is 2.79. The van der Waals surface area contributed by atoms with Crippen LogP contribution in [0.2, 0.25) is 5.02 Å². The van der Waals surface area contributed by atoms with Gasteiger partial charge in [0.25, 0.3) is 0 Å². The number of halogens is 2. The molecule has 0 saturated carbocycles. The smallest absolute Gasteiger partial charge is 0.208 e. The minimum absolute atomic E-state index is 0.00668. The van der Waals surface area contributed by atoms with Crippen molar-refractivity contribution >= 4 is 11.6 Å². The molecule has 0 fully saturated rings. The van der Waals surface area contributed by atoms with Gasteiger partial charge < -0.3 is 15.2 Å². The highest BCUT2D eigenvalue weighted by Crippen LogP contribution is 2.40. The van der Waals surface area contributed by atoms with Crippen molar-refractivity contribution in [2.24, 2.45) is 5.73 Å². The molecule has 0 radical (unpaired) electrons. The number of nitrogens with two attached hydrogens (primary N) is 1. The van der Waals surface area contributed by atoms with Crippen molar-refractivity contribution in [2.75, 3.05) is 20.8 Å². The van der Waals surface area contributed by atoms with Crippen LogP contribution in [0.4, 0.5) is 4.39 Å². The van der Waals surface area contributed by atoms with E-state index in [9.17, 15) is 4.39 Å². The summed E-state index contributed by atoms with van der Waals surface area (Å²) >= 11 is 5.96. The Morgan fingerprint density at radius 3 is 2.41 bits per heavy atom. The quantitative estimate of drug-likeness (QED) is 0.886. The second kappa shape index (κ2) is 6.07. The molecule has 1 aromatic carbocycles. The lowest BCUT2D eigenvalue weighted by molar-refractivity contribution is 0.345. The molecule has 0 amide bonds. The van der Waals surface area contributed by atoms with Gasteiger partial charge in [0.1, 0.15) is 0 Å². The van der Waals surface area contributed by atoms with E-state index in [1.165, 1.54) is 14.2 Å². The van der Waals surface area contributed by atoms with E-state index in [0.717, 1.165) is 6.42 Å². The third kappa shape index (κ3) is 2.82. The lowest BCUT2D eigenvalue weighted by Crippen LogP contribution is -2.07. The molecule has 96 valence electrons. The first-order chi connectivity index (χ1) is 8.06. The van der Waals surface area contributed by atoms with Gasteiger partial charge in [-0.1, -0.05) is 18.5 Å². The molecule has 17 heavy (non-hydrogen) atoms. The highest BCUT2D eigenvalue weighted by atomic mass is 35.5. The minimum Gasteiger partial charge on any atom is -0.493 e. The minimum atomic E-state index is -0.568. The highest BCUT2D eigenvalue weighted by Gasteiger charge is 2.21. The van der Waals surface area contributed by atoms with Crippen LogP contribution in [-0.2, 0) is 0 Å². The Morgan fingerprint density at radius 1 is 1.35 bits per heavy atom. The molecule has 5 heteroatoms. The summed E-state index contributed by atoms with van der Waals surface area (Å²) < 4.78 is 24.0. The van der Waals surface area contributed by atoms with Crippen molar-refractivity contribution in [1.29, 1.82) is 0 Å². The first kappa shape index (κ1) is 14.1. The molecule has 0 heterocycles. The number of methoxy groups -OCH3 is 2. The first-order valence-corrected chi connectivity index (χ1v) is 5.74. The molecule has 0 aromatic heterocycles. The number of benzene rings is 1. The molecule has 0 aliphatic rings. The molecule has 0 saturated heterocycles. The second-order valence-corrected chi connectivity index (χ2v) is 4.21. The summed E-state index contributed by atoms with van der Waals surface area (Å²) in [6, 6.07) is 1.67. The van der Waals surface area contributed by atoms with Crippen LogP contribution in [0.5, 0.6) is 11.5 Å². The molecule has 2 N–H and O–H groups in total. The van der Waals surface area contributed by atoms with Gasteiger partial charge in [0, 0.05) is 5.56 Å². The molecule has 0 aliphatic heterocycles. The van der Waals surface area contributed by atoms with Crippen molar-refractivity contribution in [3.8, 4) is 11.5 Å². The van der Waals surface area contributed by atoms with Gasteiger partial charge in [-0.25, -0.2) is 0 Å². The van der Waals surface area contributed by atoms with E-state index in [1.54, 1.807) is 6.07 Å². The Kier molecular flexibility index (Phi) is 5.02. The van der Waals surface area contributed by atoms with Crippen molar-refractivity contribution in [3.63, 3.8) is 0 Å². The van der Waals surface area contributed by atoms with Gasteiger partial charge in [-0.15, -0.1) is 0 Å². The SMILES string of the molecule is COc1c(Cl)cc(C(C)CCN)c(OC)c1F. The Labute approximate surface area is 106 Å². The number of hydrogen-bond acceptors (Lipinski definition) is 3. The third-order valence-electron chi connectivity index (χ3n) is 2.70. The van der Waals surface area contributed by atoms with E-state index in [1.807, 2.05) is 6.92 Å². The van der Waals surface area contributed by atoms with Crippen LogP contribution in [0.15, 0.2) is 6.07 Å². The maximum atomic E-state index is 14.0. The van der Waals surface area contributed by atoms with E-state index < -0.39 is 5.82 Å². The van der Waals surface area contributed by atoms with E-state index in [-0.39, 0.29) is 22.4 Å². The normalized spacial score (nSPS) is 12.4. The summed E-state index contributed by atoms with van der Waals surface area (Å²) in [6.45, 7) is 2.47. The van der Waals surface area contributed by atoms with Gasteiger partial charge in [-0.2, -0.15) is 4.39 Å². The zero-order valence-electron chi connectivity index (χ0n) is 10.2. The fraction of sp³-hybridized carbons (Fsp3) is 0.500. The van der Waals surface area contributed by atoms with Crippen LogP contribution < -0.4 is 15.2 Å². The third-order valence-corrected chi connectivity index (χ3v) is 2.98. The van der Waals surface area contributed by atoms with Gasteiger partial charge in [0.2, 0.25) is 5.82 Å². The molecule has 0 spiro atoms. The Morgan fingerprint density at radius 2 is 1.94 bits per heavy atom. The molecular formula is C12H17ClFNO2. The van der Waals surface area contributed by atoms with Crippen molar-refractivity contribution in [1.82, 2.24) is 0 Å². The monoisotopic (exact) mass is 261 g/mol. The summed E-state index contributed by atoms with van der Waals surface area (Å²) in [6.07, 6.45) is 0.735. The van der Waals surface area contributed by atoms with E-state index in [2.05, 4.69) is 0 Å². The zero-order valence-corrected chi connectivity index (χ0v) is 11.0. The van der Waals surface area contributed by atoms with Gasteiger partial charge >= 0.3 is 0 Å². The summed E-state index contributed by atoms with van der Waals surface area (Å²) in [5.41, 5.74) is 6.21. The molecule has 1 aromatic rings. The molecule has 0 bridgehead atoms. The molecular weight excluding hydrogens is 245 g/mol. The number of rotatable bonds is 5. The van der Waals surface area contributed by atoms with E-state index in [4.69, 9.17) is 26.8 Å². The van der Waals surface area contributed by atoms with Crippen LogP contribution in [0.3, 0.4) is 0 Å². The Bertz CT molecular complexity index is 399. The molecule has 0 aliphatic carbocycles. The lowest BCUT2D eigenvalue weighted by Gasteiger charge is -2.18. The fourth-order valence-corrected chi connectivity index (χ4v) is 2.05. The fourth-order valence-electron chi connectivity index (χ4n) is 1.77. The first-order valence-electron chi connectivity index (χ1n) is 5.36. The Hall–Kier alpha value is -1.00. The maximum absolute atomic E-state index is 14.0. The summed E-state index contributed by atoms with van der Waals surface area (Å²) in [4.78, 5) is 0. The number of hydrogen-bond donors (Lipinski definition) is 1. The zero-order chi connectivity index (χ0) is 13.0. The molecule has 1 unspecified atom stereocenters. The molecule has 1 rings (SSSR count). The maximum Gasteiger partial charge on any atom is 0.208 e. The predicted octanol–water partition coefficient (Wildman–Crippen LogP) is 2.95. The van der Waals surface area contributed by atoms with Gasteiger partial charge in [0.05, 0.1) is 19.2 Å². The average Bonchev–Trinajstić information content (AvgIpc) is 2.29. The Balaban J connectivity index is 3.31. The summed E-state index contributed by atoms with van der Waals surface area (Å²) in [5, 5.41) is 0.240.